The van der Waals surface area contributed by atoms with Crippen LogP contribution in [0.4, 0.5) is 16.3 Å². The Bertz CT molecular complexity index is 998. The van der Waals surface area contributed by atoms with Gasteiger partial charge in [-0.3, -0.25) is 0 Å². The molecule has 30 heavy (non-hydrogen) atoms. The van der Waals surface area contributed by atoms with E-state index in [-0.39, 0.29) is 5.92 Å². The average Bonchev–Trinajstić information content (AvgIpc) is 2.77. The first kappa shape index (κ1) is 19.7. The minimum Gasteiger partial charge on any atom is -0.465 e. The smallest absolute Gasteiger partial charge is 0.407 e. The van der Waals surface area contributed by atoms with Crippen molar-refractivity contribution in [2.45, 2.75) is 25.7 Å². The SMILES string of the molecule is Cc1ccc(Nc2ccc(Oc3ncccc3C3CCN(C(=O)O)CC3)cc2)nc1. The summed E-state index contributed by atoms with van der Waals surface area (Å²) in [6.45, 7) is 3.06. The fourth-order valence-corrected chi connectivity index (χ4v) is 3.59. The number of amides is 1. The summed E-state index contributed by atoms with van der Waals surface area (Å²) in [6, 6.07) is 15.5. The fraction of sp³-hybridized carbons (Fsp3) is 0.261. The number of ether oxygens (including phenoxy) is 1. The Kier molecular flexibility index (Phi) is 5.79. The highest BCUT2D eigenvalue weighted by Gasteiger charge is 2.26. The van der Waals surface area contributed by atoms with E-state index in [1.165, 1.54) is 4.90 Å². The summed E-state index contributed by atoms with van der Waals surface area (Å²) in [6.07, 6.45) is 4.21. The summed E-state index contributed by atoms with van der Waals surface area (Å²) in [5.74, 6) is 2.29. The molecule has 0 atom stereocenters. The number of piperidine rings is 1. The van der Waals surface area contributed by atoms with Crippen molar-refractivity contribution in [3.8, 4) is 11.6 Å². The lowest BCUT2D eigenvalue weighted by Crippen LogP contribution is -2.36. The van der Waals surface area contributed by atoms with Crippen LogP contribution in [0.3, 0.4) is 0 Å². The molecule has 154 valence electrons. The van der Waals surface area contributed by atoms with Crippen LogP contribution >= 0.6 is 0 Å². The third kappa shape index (κ3) is 4.68. The first-order chi connectivity index (χ1) is 14.6. The molecule has 1 aliphatic heterocycles. The van der Waals surface area contributed by atoms with Crippen molar-refractivity contribution >= 4 is 17.6 Å². The molecule has 0 aliphatic carbocycles. The van der Waals surface area contributed by atoms with E-state index in [0.29, 0.717) is 24.7 Å². The van der Waals surface area contributed by atoms with Gasteiger partial charge in [-0.2, -0.15) is 0 Å². The maximum Gasteiger partial charge on any atom is 0.407 e. The van der Waals surface area contributed by atoms with Crippen LogP contribution in [0.1, 0.15) is 29.9 Å². The van der Waals surface area contributed by atoms with Crippen LogP contribution in [0.5, 0.6) is 11.6 Å². The molecule has 0 unspecified atom stereocenters. The van der Waals surface area contributed by atoms with E-state index >= 15 is 0 Å². The Morgan fingerprint density at radius 2 is 1.87 bits per heavy atom. The normalized spacial score (nSPS) is 14.4. The second-order valence-corrected chi connectivity index (χ2v) is 7.41. The van der Waals surface area contributed by atoms with Gasteiger partial charge in [0.25, 0.3) is 0 Å². The Morgan fingerprint density at radius 1 is 1.10 bits per heavy atom. The summed E-state index contributed by atoms with van der Waals surface area (Å²) in [5, 5.41) is 12.4. The van der Waals surface area contributed by atoms with Crippen LogP contribution in [-0.2, 0) is 0 Å². The zero-order chi connectivity index (χ0) is 20.9. The first-order valence-corrected chi connectivity index (χ1v) is 9.99. The van der Waals surface area contributed by atoms with E-state index in [1.54, 1.807) is 6.20 Å². The number of rotatable bonds is 5. The quantitative estimate of drug-likeness (QED) is 0.609. The molecule has 4 rings (SSSR count). The predicted octanol–water partition coefficient (Wildman–Crippen LogP) is 5.18. The Morgan fingerprint density at radius 3 is 2.53 bits per heavy atom. The summed E-state index contributed by atoms with van der Waals surface area (Å²) in [4.78, 5) is 21.4. The topological polar surface area (TPSA) is 87.6 Å². The molecule has 0 bridgehead atoms. The highest BCUT2D eigenvalue weighted by molar-refractivity contribution is 5.65. The number of aromatic nitrogens is 2. The van der Waals surface area contributed by atoms with E-state index in [1.807, 2.05) is 61.7 Å². The lowest BCUT2D eigenvalue weighted by atomic mass is 9.90. The zero-order valence-corrected chi connectivity index (χ0v) is 16.8. The monoisotopic (exact) mass is 404 g/mol. The Hall–Kier alpha value is -3.61. The van der Waals surface area contributed by atoms with Crippen LogP contribution in [0, 0.1) is 6.92 Å². The number of carboxylic acid groups (broad SMARTS) is 1. The molecule has 2 N–H and O–H groups in total. The molecule has 0 radical (unpaired) electrons. The predicted molar refractivity (Wildman–Crippen MR) is 115 cm³/mol. The molecular formula is C23H24N4O3. The number of nitrogens with zero attached hydrogens (tertiary/aromatic N) is 3. The minimum atomic E-state index is -0.856. The molecule has 0 saturated carbocycles. The van der Waals surface area contributed by atoms with Gasteiger partial charge in [-0.25, -0.2) is 14.8 Å². The van der Waals surface area contributed by atoms with Gasteiger partial charge in [0.1, 0.15) is 11.6 Å². The minimum absolute atomic E-state index is 0.234. The molecule has 1 aliphatic rings. The molecule has 0 spiro atoms. The van der Waals surface area contributed by atoms with Crippen molar-refractivity contribution in [2.75, 3.05) is 18.4 Å². The number of hydrogen-bond acceptors (Lipinski definition) is 5. The van der Waals surface area contributed by atoms with Gasteiger partial charge in [-0.1, -0.05) is 12.1 Å². The van der Waals surface area contributed by atoms with E-state index in [2.05, 4.69) is 15.3 Å². The molecule has 2 aromatic heterocycles. The molecule has 3 aromatic rings. The van der Waals surface area contributed by atoms with E-state index in [4.69, 9.17) is 9.84 Å². The van der Waals surface area contributed by atoms with Crippen LogP contribution in [0.15, 0.2) is 60.9 Å². The van der Waals surface area contributed by atoms with Gasteiger partial charge in [-0.05, 0) is 67.6 Å². The number of benzene rings is 1. The maximum absolute atomic E-state index is 11.1. The van der Waals surface area contributed by atoms with E-state index in [9.17, 15) is 4.79 Å². The van der Waals surface area contributed by atoms with Gasteiger partial charge < -0.3 is 20.1 Å². The lowest BCUT2D eigenvalue weighted by Gasteiger charge is -2.30. The number of nitrogens with one attached hydrogen (secondary N) is 1. The summed E-state index contributed by atoms with van der Waals surface area (Å²) >= 11 is 0. The molecular weight excluding hydrogens is 380 g/mol. The van der Waals surface area contributed by atoms with Gasteiger partial charge in [0, 0.05) is 36.7 Å². The molecule has 1 amide bonds. The second kappa shape index (κ2) is 8.82. The molecule has 7 nitrogen and oxygen atoms in total. The fourth-order valence-electron chi connectivity index (χ4n) is 3.59. The number of hydrogen-bond donors (Lipinski definition) is 2. The van der Waals surface area contributed by atoms with Crippen molar-refractivity contribution in [1.29, 1.82) is 0 Å². The van der Waals surface area contributed by atoms with Crippen LogP contribution in [0.2, 0.25) is 0 Å². The van der Waals surface area contributed by atoms with Gasteiger partial charge in [0.15, 0.2) is 0 Å². The van der Waals surface area contributed by atoms with E-state index in [0.717, 1.165) is 35.5 Å². The highest BCUT2D eigenvalue weighted by Crippen LogP contribution is 2.35. The summed E-state index contributed by atoms with van der Waals surface area (Å²) in [5.41, 5.74) is 3.05. The third-order valence-corrected chi connectivity index (χ3v) is 5.26. The Labute approximate surface area is 175 Å². The van der Waals surface area contributed by atoms with Crippen LogP contribution in [-0.4, -0.2) is 39.2 Å². The number of anilines is 2. The third-order valence-electron chi connectivity index (χ3n) is 5.26. The number of aryl methyl sites for hydroxylation is 1. The molecule has 3 heterocycles. The molecule has 1 fully saturated rings. The van der Waals surface area contributed by atoms with Gasteiger partial charge in [-0.15, -0.1) is 0 Å². The highest BCUT2D eigenvalue weighted by atomic mass is 16.5. The molecule has 1 saturated heterocycles. The number of likely N-dealkylation sites (tertiary alicyclic amines) is 1. The Balaban J connectivity index is 1.43. The van der Waals surface area contributed by atoms with Crippen LogP contribution < -0.4 is 10.1 Å². The van der Waals surface area contributed by atoms with Crippen molar-refractivity contribution in [2.24, 2.45) is 0 Å². The van der Waals surface area contributed by atoms with Gasteiger partial charge in [0.2, 0.25) is 5.88 Å². The standard InChI is InChI=1S/C23H24N4O3/c1-16-4-9-21(25-15-16)26-18-5-7-19(8-6-18)30-22-20(3-2-12-24-22)17-10-13-27(14-11-17)23(28)29/h2-9,12,15,17H,10-11,13-14H2,1H3,(H,25,26)(H,28,29). The van der Waals surface area contributed by atoms with Crippen molar-refractivity contribution in [1.82, 2.24) is 14.9 Å². The molecule has 7 heteroatoms. The van der Waals surface area contributed by atoms with Crippen molar-refractivity contribution in [3.63, 3.8) is 0 Å². The zero-order valence-electron chi connectivity index (χ0n) is 16.8. The molecule has 1 aromatic carbocycles. The largest absolute Gasteiger partial charge is 0.465 e. The van der Waals surface area contributed by atoms with E-state index < -0.39 is 6.09 Å². The average molecular weight is 404 g/mol. The lowest BCUT2D eigenvalue weighted by molar-refractivity contribution is 0.132. The number of pyridine rings is 2. The van der Waals surface area contributed by atoms with Crippen molar-refractivity contribution in [3.05, 3.63) is 72.1 Å². The number of carbonyl (C=O) groups is 1. The van der Waals surface area contributed by atoms with Gasteiger partial charge in [0.05, 0.1) is 0 Å². The van der Waals surface area contributed by atoms with Crippen molar-refractivity contribution < 1.29 is 14.6 Å². The van der Waals surface area contributed by atoms with Gasteiger partial charge >= 0.3 is 6.09 Å². The van der Waals surface area contributed by atoms with Crippen LogP contribution in [0.25, 0.3) is 0 Å². The first-order valence-electron chi connectivity index (χ1n) is 9.99. The summed E-state index contributed by atoms with van der Waals surface area (Å²) < 4.78 is 6.07. The maximum atomic E-state index is 11.1. The summed E-state index contributed by atoms with van der Waals surface area (Å²) in [7, 11) is 0. The second-order valence-electron chi connectivity index (χ2n) is 7.41.